The Morgan fingerprint density at radius 2 is 2.18 bits per heavy atom. The van der Waals surface area contributed by atoms with Gasteiger partial charge < -0.3 is 4.74 Å². The quantitative estimate of drug-likeness (QED) is 0.726. The van der Waals surface area contributed by atoms with E-state index in [0.717, 1.165) is 22.3 Å². The van der Waals surface area contributed by atoms with Crippen LogP contribution >= 0.6 is 0 Å². The fourth-order valence-electron chi connectivity index (χ4n) is 1.64. The molecule has 0 amide bonds. The highest BCUT2D eigenvalue weighted by Crippen LogP contribution is 2.21. The monoisotopic (exact) mass is 226 g/mol. The Kier molecular flexibility index (Phi) is 2.22. The molecule has 0 saturated carbocycles. The maximum Gasteiger partial charge on any atom is 0.160 e. The zero-order chi connectivity index (χ0) is 11.7. The summed E-state index contributed by atoms with van der Waals surface area (Å²) in [6.45, 7) is 0. The van der Waals surface area contributed by atoms with Crippen LogP contribution in [0.2, 0.25) is 0 Å². The zero-order valence-corrected chi connectivity index (χ0v) is 9.21. The van der Waals surface area contributed by atoms with E-state index in [1.54, 1.807) is 19.5 Å². The van der Waals surface area contributed by atoms with Gasteiger partial charge in [0.2, 0.25) is 0 Å². The molecule has 0 aliphatic heterocycles. The van der Waals surface area contributed by atoms with E-state index in [-0.39, 0.29) is 0 Å². The molecule has 0 radical (unpaired) electrons. The van der Waals surface area contributed by atoms with Gasteiger partial charge in [-0.3, -0.25) is 5.10 Å². The molecule has 5 heteroatoms. The lowest BCUT2D eigenvalue weighted by Gasteiger charge is -2.03. The molecule has 1 aromatic carbocycles. The van der Waals surface area contributed by atoms with E-state index in [0.29, 0.717) is 5.82 Å². The molecule has 5 nitrogen and oxygen atoms in total. The minimum atomic E-state index is 0.665. The van der Waals surface area contributed by atoms with Gasteiger partial charge in [0.15, 0.2) is 5.82 Å². The van der Waals surface area contributed by atoms with Crippen molar-refractivity contribution in [2.45, 2.75) is 0 Å². The number of aromatic amines is 1. The van der Waals surface area contributed by atoms with Gasteiger partial charge in [-0.15, -0.1) is 0 Å². The number of nitrogens with zero attached hydrogens (tertiary/aromatic N) is 3. The predicted octanol–water partition coefficient (Wildman–Crippen LogP) is 2.03. The van der Waals surface area contributed by atoms with E-state index < -0.39 is 0 Å². The number of hydrogen-bond acceptors (Lipinski definition) is 4. The first-order chi connectivity index (χ1) is 8.36. The van der Waals surface area contributed by atoms with Gasteiger partial charge in [-0.1, -0.05) is 12.1 Å². The Morgan fingerprint density at radius 1 is 1.24 bits per heavy atom. The first kappa shape index (κ1) is 9.77. The van der Waals surface area contributed by atoms with Crippen molar-refractivity contribution in [3.63, 3.8) is 0 Å². The van der Waals surface area contributed by atoms with Gasteiger partial charge in [0.05, 0.1) is 19.5 Å². The highest BCUT2D eigenvalue weighted by molar-refractivity contribution is 5.74. The number of benzene rings is 1. The average molecular weight is 226 g/mol. The molecule has 0 bridgehead atoms. The van der Waals surface area contributed by atoms with Crippen LogP contribution in [-0.2, 0) is 0 Å². The third-order valence-electron chi connectivity index (χ3n) is 2.52. The molecule has 0 saturated heterocycles. The lowest BCUT2D eigenvalue weighted by molar-refractivity contribution is 0.415. The van der Waals surface area contributed by atoms with Gasteiger partial charge in [0.25, 0.3) is 0 Å². The maximum atomic E-state index is 5.17. The number of aromatic nitrogens is 4. The number of ether oxygens (including phenoxy) is 1. The van der Waals surface area contributed by atoms with Crippen LogP contribution < -0.4 is 4.74 Å². The Morgan fingerprint density at radius 3 is 3.06 bits per heavy atom. The summed E-state index contributed by atoms with van der Waals surface area (Å²) in [5, 5.41) is 6.74. The largest absolute Gasteiger partial charge is 0.497 e. The van der Waals surface area contributed by atoms with Crippen molar-refractivity contribution in [3.05, 3.63) is 36.7 Å². The standard InChI is InChI=1S/C12H10N4O/c1-17-9-4-2-3-8(5-9)12-13-6-11-10(15-12)7-14-16-11/h2-7H,1H3,(H,14,16). The van der Waals surface area contributed by atoms with Crippen molar-refractivity contribution in [1.29, 1.82) is 0 Å². The Bertz CT molecular complexity index is 662. The van der Waals surface area contributed by atoms with E-state index >= 15 is 0 Å². The highest BCUT2D eigenvalue weighted by Gasteiger charge is 2.05. The van der Waals surface area contributed by atoms with E-state index in [9.17, 15) is 0 Å². The number of rotatable bonds is 2. The fourth-order valence-corrected chi connectivity index (χ4v) is 1.64. The molecule has 0 atom stereocenters. The van der Waals surface area contributed by atoms with Crippen molar-refractivity contribution in [2.24, 2.45) is 0 Å². The van der Waals surface area contributed by atoms with Crippen molar-refractivity contribution < 1.29 is 4.74 Å². The Hall–Kier alpha value is -2.43. The van der Waals surface area contributed by atoms with Crippen LogP contribution in [0.5, 0.6) is 5.75 Å². The van der Waals surface area contributed by atoms with Crippen molar-refractivity contribution in [1.82, 2.24) is 20.2 Å². The molecule has 1 N–H and O–H groups in total. The highest BCUT2D eigenvalue weighted by atomic mass is 16.5. The van der Waals surface area contributed by atoms with Crippen LogP contribution in [0.1, 0.15) is 0 Å². The second-order valence-corrected chi connectivity index (χ2v) is 3.59. The lowest BCUT2D eigenvalue weighted by Crippen LogP contribution is -1.89. The number of H-pyrrole nitrogens is 1. The summed E-state index contributed by atoms with van der Waals surface area (Å²) >= 11 is 0. The summed E-state index contributed by atoms with van der Waals surface area (Å²) in [5.74, 6) is 1.45. The Balaban J connectivity index is 2.12. The maximum absolute atomic E-state index is 5.17. The summed E-state index contributed by atoms with van der Waals surface area (Å²) in [6, 6.07) is 7.65. The predicted molar refractivity (Wildman–Crippen MR) is 63.7 cm³/mol. The molecule has 17 heavy (non-hydrogen) atoms. The molecule has 2 heterocycles. The van der Waals surface area contributed by atoms with Gasteiger partial charge in [-0.25, -0.2) is 9.97 Å². The van der Waals surface area contributed by atoms with E-state index in [2.05, 4.69) is 20.2 Å². The molecule has 0 spiro atoms. The first-order valence-electron chi connectivity index (χ1n) is 5.17. The molecule has 3 rings (SSSR count). The number of fused-ring (bicyclic) bond motifs is 1. The zero-order valence-electron chi connectivity index (χ0n) is 9.21. The topological polar surface area (TPSA) is 63.7 Å². The van der Waals surface area contributed by atoms with Crippen LogP contribution in [0.3, 0.4) is 0 Å². The SMILES string of the molecule is COc1cccc(-c2ncc3[nH]ncc3n2)c1. The molecule has 2 aromatic heterocycles. The molecule has 0 fully saturated rings. The van der Waals surface area contributed by atoms with Gasteiger partial charge in [0, 0.05) is 5.56 Å². The molecule has 84 valence electrons. The number of nitrogens with one attached hydrogen (secondary N) is 1. The fraction of sp³-hybridized carbons (Fsp3) is 0.0833. The van der Waals surface area contributed by atoms with E-state index in [1.165, 1.54) is 0 Å². The van der Waals surface area contributed by atoms with Crippen molar-refractivity contribution in [3.8, 4) is 17.1 Å². The average Bonchev–Trinajstić information content (AvgIpc) is 2.86. The van der Waals surface area contributed by atoms with Crippen molar-refractivity contribution in [2.75, 3.05) is 7.11 Å². The lowest BCUT2D eigenvalue weighted by atomic mass is 10.2. The number of methoxy groups -OCH3 is 1. The normalized spacial score (nSPS) is 10.6. The second kappa shape index (κ2) is 3.86. The van der Waals surface area contributed by atoms with Gasteiger partial charge >= 0.3 is 0 Å². The smallest absolute Gasteiger partial charge is 0.160 e. The second-order valence-electron chi connectivity index (χ2n) is 3.59. The molecule has 3 aromatic rings. The first-order valence-corrected chi connectivity index (χ1v) is 5.17. The summed E-state index contributed by atoms with van der Waals surface area (Å²) < 4.78 is 5.17. The third-order valence-corrected chi connectivity index (χ3v) is 2.52. The van der Waals surface area contributed by atoms with E-state index in [4.69, 9.17) is 4.74 Å². The molecular formula is C12H10N4O. The Labute approximate surface area is 97.5 Å². The van der Waals surface area contributed by atoms with Gasteiger partial charge in [-0.05, 0) is 12.1 Å². The van der Waals surface area contributed by atoms with Crippen LogP contribution in [0, 0.1) is 0 Å². The van der Waals surface area contributed by atoms with Gasteiger partial charge in [-0.2, -0.15) is 5.10 Å². The minimum Gasteiger partial charge on any atom is -0.497 e. The van der Waals surface area contributed by atoms with Crippen LogP contribution in [0.15, 0.2) is 36.7 Å². The summed E-state index contributed by atoms with van der Waals surface area (Å²) in [4.78, 5) is 8.71. The minimum absolute atomic E-state index is 0.665. The molecule has 0 aliphatic rings. The summed E-state index contributed by atoms with van der Waals surface area (Å²) in [6.07, 6.45) is 3.41. The molecular weight excluding hydrogens is 216 g/mol. The van der Waals surface area contributed by atoms with E-state index in [1.807, 2.05) is 24.3 Å². The summed E-state index contributed by atoms with van der Waals surface area (Å²) in [7, 11) is 1.64. The third kappa shape index (κ3) is 1.71. The van der Waals surface area contributed by atoms with Crippen LogP contribution in [0.4, 0.5) is 0 Å². The molecule has 0 unspecified atom stereocenters. The summed E-state index contributed by atoms with van der Waals surface area (Å²) in [5.41, 5.74) is 2.56. The molecule has 0 aliphatic carbocycles. The van der Waals surface area contributed by atoms with Crippen LogP contribution in [0.25, 0.3) is 22.4 Å². The van der Waals surface area contributed by atoms with Gasteiger partial charge in [0.1, 0.15) is 16.8 Å². The van der Waals surface area contributed by atoms with Crippen LogP contribution in [-0.4, -0.2) is 27.3 Å². The van der Waals surface area contributed by atoms with Crippen molar-refractivity contribution >= 4 is 11.0 Å². The number of hydrogen-bond donors (Lipinski definition) is 1.